The fourth-order valence-corrected chi connectivity index (χ4v) is 2.67. The van der Waals surface area contributed by atoms with Crippen LogP contribution in [0.1, 0.15) is 23.6 Å². The Morgan fingerprint density at radius 2 is 1.83 bits per heavy atom. The lowest BCUT2D eigenvalue weighted by molar-refractivity contribution is 0.125. The summed E-state index contributed by atoms with van der Waals surface area (Å²) >= 11 is 0. The van der Waals surface area contributed by atoms with Crippen molar-refractivity contribution in [2.45, 2.75) is 27.0 Å². The number of nitrogens with one attached hydrogen (secondary N) is 2. The van der Waals surface area contributed by atoms with Gasteiger partial charge in [0.15, 0.2) is 5.96 Å². The Balaban J connectivity index is 1.84. The molecule has 2 aromatic rings. The Labute approximate surface area is 174 Å². The minimum Gasteiger partial charge on any atom is -0.491 e. The topological polar surface area (TPSA) is 64.1 Å². The van der Waals surface area contributed by atoms with Gasteiger partial charge in [-0.05, 0) is 31.0 Å². The highest BCUT2D eigenvalue weighted by atomic mass is 16.5. The predicted octanol–water partition coefficient (Wildman–Crippen LogP) is 3.29. The average molecular weight is 400 g/mol. The van der Waals surface area contributed by atoms with Gasteiger partial charge >= 0.3 is 0 Å². The summed E-state index contributed by atoms with van der Waals surface area (Å²) in [7, 11) is 1.67. The molecule has 0 saturated heterocycles. The van der Waals surface area contributed by atoms with Crippen molar-refractivity contribution in [3.8, 4) is 5.75 Å². The molecule has 0 amide bonds. The third-order valence-corrected chi connectivity index (χ3v) is 4.17. The van der Waals surface area contributed by atoms with Crippen molar-refractivity contribution in [2.24, 2.45) is 4.99 Å². The molecule has 2 N–H and O–H groups in total. The van der Waals surface area contributed by atoms with Crippen molar-refractivity contribution < 1.29 is 14.2 Å². The summed E-state index contributed by atoms with van der Waals surface area (Å²) in [5.74, 6) is 1.62. The second kappa shape index (κ2) is 13.6. The van der Waals surface area contributed by atoms with Gasteiger partial charge in [0.25, 0.3) is 0 Å². The zero-order valence-corrected chi connectivity index (χ0v) is 17.7. The first-order chi connectivity index (χ1) is 14.2. The van der Waals surface area contributed by atoms with E-state index in [1.807, 2.05) is 31.2 Å². The van der Waals surface area contributed by atoms with Crippen LogP contribution in [0.5, 0.6) is 5.75 Å². The van der Waals surface area contributed by atoms with Crippen molar-refractivity contribution in [1.82, 2.24) is 10.6 Å². The minimum absolute atomic E-state index is 0.522. The van der Waals surface area contributed by atoms with Crippen LogP contribution in [-0.2, 0) is 22.6 Å². The molecule has 0 heterocycles. The van der Waals surface area contributed by atoms with Gasteiger partial charge in [0.2, 0.25) is 0 Å². The van der Waals surface area contributed by atoms with E-state index in [0.717, 1.165) is 29.4 Å². The molecule has 0 radical (unpaired) electrons. The molecule has 0 atom stereocenters. The standard InChI is InChI=1S/C23H33N3O3/c1-4-24-23(25-12-13-28-18-20-8-6-5-7-9-20)26-17-21-11-10-19(2)16-22(21)29-15-14-27-3/h5-11,16H,4,12-15,17-18H2,1-3H3,(H2,24,25,26). The maximum Gasteiger partial charge on any atom is 0.191 e. The first kappa shape index (κ1) is 22.7. The van der Waals surface area contributed by atoms with Gasteiger partial charge in [-0.15, -0.1) is 0 Å². The van der Waals surface area contributed by atoms with Crippen molar-refractivity contribution >= 4 is 5.96 Å². The fraction of sp³-hybridized carbons (Fsp3) is 0.435. The van der Waals surface area contributed by atoms with Crippen molar-refractivity contribution in [2.75, 3.05) is 40.0 Å². The Morgan fingerprint density at radius 1 is 1.00 bits per heavy atom. The SMILES string of the molecule is CCNC(=NCc1ccc(C)cc1OCCOC)NCCOCc1ccccc1. The van der Waals surface area contributed by atoms with Crippen LogP contribution in [0.4, 0.5) is 0 Å². The van der Waals surface area contributed by atoms with Gasteiger partial charge in [-0.25, -0.2) is 4.99 Å². The van der Waals surface area contributed by atoms with Gasteiger partial charge in [-0.2, -0.15) is 0 Å². The molecule has 0 bridgehead atoms. The van der Waals surface area contributed by atoms with Crippen LogP contribution in [-0.4, -0.2) is 46.0 Å². The fourth-order valence-electron chi connectivity index (χ4n) is 2.67. The van der Waals surface area contributed by atoms with E-state index in [9.17, 15) is 0 Å². The van der Waals surface area contributed by atoms with E-state index < -0.39 is 0 Å². The summed E-state index contributed by atoms with van der Waals surface area (Å²) in [6.45, 7) is 8.41. The van der Waals surface area contributed by atoms with Crippen molar-refractivity contribution in [1.29, 1.82) is 0 Å². The lowest BCUT2D eigenvalue weighted by Crippen LogP contribution is -2.39. The molecule has 6 heteroatoms. The summed E-state index contributed by atoms with van der Waals surface area (Å²) in [4.78, 5) is 4.69. The number of methoxy groups -OCH3 is 1. The Morgan fingerprint density at radius 3 is 2.59 bits per heavy atom. The second-order valence-electron chi connectivity index (χ2n) is 6.61. The van der Waals surface area contributed by atoms with Crippen LogP contribution in [0.3, 0.4) is 0 Å². The first-order valence-electron chi connectivity index (χ1n) is 10.1. The van der Waals surface area contributed by atoms with E-state index in [2.05, 4.69) is 46.8 Å². The van der Waals surface area contributed by atoms with E-state index in [-0.39, 0.29) is 0 Å². The average Bonchev–Trinajstić information content (AvgIpc) is 2.73. The first-order valence-corrected chi connectivity index (χ1v) is 10.1. The van der Waals surface area contributed by atoms with Gasteiger partial charge in [-0.3, -0.25) is 0 Å². The van der Waals surface area contributed by atoms with E-state index in [1.165, 1.54) is 5.56 Å². The van der Waals surface area contributed by atoms with Crippen LogP contribution >= 0.6 is 0 Å². The number of aliphatic imine (C=N–C) groups is 1. The third kappa shape index (κ3) is 8.98. The zero-order valence-electron chi connectivity index (χ0n) is 17.7. The van der Waals surface area contributed by atoms with E-state index in [1.54, 1.807) is 7.11 Å². The number of hydrogen-bond acceptors (Lipinski definition) is 4. The molecule has 0 saturated carbocycles. The molecule has 0 unspecified atom stereocenters. The maximum absolute atomic E-state index is 5.85. The highest BCUT2D eigenvalue weighted by Gasteiger charge is 2.05. The van der Waals surface area contributed by atoms with Crippen LogP contribution < -0.4 is 15.4 Å². The Bertz CT molecular complexity index is 735. The van der Waals surface area contributed by atoms with Gasteiger partial charge < -0.3 is 24.8 Å². The molecule has 0 fully saturated rings. The van der Waals surface area contributed by atoms with Crippen molar-refractivity contribution in [3.63, 3.8) is 0 Å². The molecule has 0 aliphatic rings. The van der Waals surface area contributed by atoms with E-state index in [4.69, 9.17) is 14.2 Å². The normalized spacial score (nSPS) is 11.3. The van der Waals surface area contributed by atoms with E-state index >= 15 is 0 Å². The number of hydrogen-bond donors (Lipinski definition) is 2. The number of rotatable bonds is 12. The molecule has 2 rings (SSSR count). The molecule has 0 spiro atoms. The molecule has 29 heavy (non-hydrogen) atoms. The molecule has 0 aromatic heterocycles. The van der Waals surface area contributed by atoms with Gasteiger partial charge in [-0.1, -0.05) is 42.5 Å². The molecular formula is C23H33N3O3. The summed E-state index contributed by atoms with van der Waals surface area (Å²) in [6.07, 6.45) is 0. The molecule has 0 aliphatic carbocycles. The molecule has 2 aromatic carbocycles. The van der Waals surface area contributed by atoms with Crippen LogP contribution in [0, 0.1) is 6.92 Å². The number of guanidine groups is 1. The molecule has 6 nitrogen and oxygen atoms in total. The lowest BCUT2D eigenvalue weighted by Gasteiger charge is -2.14. The maximum atomic E-state index is 5.85. The zero-order chi connectivity index (χ0) is 20.7. The van der Waals surface area contributed by atoms with Crippen LogP contribution in [0.2, 0.25) is 0 Å². The molecule has 0 aliphatic heterocycles. The Kier molecular flexibility index (Phi) is 10.6. The monoisotopic (exact) mass is 399 g/mol. The largest absolute Gasteiger partial charge is 0.491 e. The van der Waals surface area contributed by atoms with Crippen LogP contribution in [0.25, 0.3) is 0 Å². The summed E-state index contributed by atoms with van der Waals surface area (Å²) in [5.41, 5.74) is 3.38. The number of ether oxygens (including phenoxy) is 3. The predicted molar refractivity (Wildman–Crippen MR) is 117 cm³/mol. The number of benzene rings is 2. The van der Waals surface area contributed by atoms with Gasteiger partial charge in [0, 0.05) is 25.8 Å². The second-order valence-corrected chi connectivity index (χ2v) is 6.61. The van der Waals surface area contributed by atoms with Crippen LogP contribution in [0.15, 0.2) is 53.5 Å². The third-order valence-electron chi connectivity index (χ3n) is 4.17. The summed E-state index contributed by atoms with van der Waals surface area (Å²) in [6, 6.07) is 16.3. The molecular weight excluding hydrogens is 366 g/mol. The molecule has 158 valence electrons. The Hall–Kier alpha value is -2.57. The summed E-state index contributed by atoms with van der Waals surface area (Å²) < 4.78 is 16.6. The highest BCUT2D eigenvalue weighted by molar-refractivity contribution is 5.79. The summed E-state index contributed by atoms with van der Waals surface area (Å²) in [5, 5.41) is 6.58. The number of aryl methyl sites for hydroxylation is 1. The number of nitrogens with zero attached hydrogens (tertiary/aromatic N) is 1. The van der Waals surface area contributed by atoms with Crippen molar-refractivity contribution in [3.05, 3.63) is 65.2 Å². The lowest BCUT2D eigenvalue weighted by atomic mass is 10.1. The van der Waals surface area contributed by atoms with E-state index in [0.29, 0.717) is 39.5 Å². The quantitative estimate of drug-likeness (QED) is 0.326. The highest BCUT2D eigenvalue weighted by Crippen LogP contribution is 2.21. The van der Waals surface area contributed by atoms with Gasteiger partial charge in [0.05, 0.1) is 26.4 Å². The van der Waals surface area contributed by atoms with Gasteiger partial charge in [0.1, 0.15) is 12.4 Å². The smallest absolute Gasteiger partial charge is 0.191 e. The minimum atomic E-state index is 0.522.